The Labute approximate surface area is 152 Å². The van der Waals surface area contributed by atoms with E-state index in [0.29, 0.717) is 12.5 Å². The SMILES string of the molecule is CCNC(=O)CNC(=O)CN[C@@H](c1ccc(C(C)(C)C)cc1)C(C)C. The Balaban J connectivity index is 2.63. The zero-order valence-corrected chi connectivity index (χ0v) is 16.4. The number of likely N-dealkylation sites (N-methyl/N-ethyl adjacent to an activating group) is 1. The van der Waals surface area contributed by atoms with Crippen LogP contribution < -0.4 is 16.0 Å². The van der Waals surface area contributed by atoms with Crippen LogP contribution in [-0.2, 0) is 15.0 Å². The summed E-state index contributed by atoms with van der Waals surface area (Å²) in [7, 11) is 0. The Morgan fingerprint density at radius 3 is 2.00 bits per heavy atom. The zero-order valence-electron chi connectivity index (χ0n) is 16.4. The van der Waals surface area contributed by atoms with Crippen molar-refractivity contribution in [3.63, 3.8) is 0 Å². The molecule has 0 saturated heterocycles. The van der Waals surface area contributed by atoms with E-state index in [1.54, 1.807) is 0 Å². The number of amides is 2. The van der Waals surface area contributed by atoms with Crippen molar-refractivity contribution in [3.8, 4) is 0 Å². The van der Waals surface area contributed by atoms with Crippen LogP contribution in [0.2, 0.25) is 0 Å². The lowest BCUT2D eigenvalue weighted by atomic mass is 9.85. The normalized spacial score (nSPS) is 12.8. The molecule has 5 heteroatoms. The van der Waals surface area contributed by atoms with Crippen LogP contribution in [0.5, 0.6) is 0 Å². The Hall–Kier alpha value is -1.88. The number of hydrogen-bond donors (Lipinski definition) is 3. The van der Waals surface area contributed by atoms with Crippen LogP contribution in [0.4, 0.5) is 0 Å². The minimum atomic E-state index is -0.178. The summed E-state index contributed by atoms with van der Waals surface area (Å²) < 4.78 is 0. The van der Waals surface area contributed by atoms with Gasteiger partial charge in [-0.1, -0.05) is 58.9 Å². The summed E-state index contributed by atoms with van der Waals surface area (Å²) in [4.78, 5) is 23.3. The van der Waals surface area contributed by atoms with Gasteiger partial charge in [0.2, 0.25) is 11.8 Å². The molecule has 25 heavy (non-hydrogen) atoms. The van der Waals surface area contributed by atoms with Gasteiger partial charge < -0.3 is 16.0 Å². The van der Waals surface area contributed by atoms with Gasteiger partial charge in [0, 0.05) is 12.6 Å². The molecule has 0 bridgehead atoms. The molecule has 0 heterocycles. The minimum absolute atomic E-state index is 0.0149. The molecule has 0 spiro atoms. The van der Waals surface area contributed by atoms with Crippen LogP contribution in [-0.4, -0.2) is 31.4 Å². The first-order valence-electron chi connectivity index (χ1n) is 9.02. The highest BCUT2D eigenvalue weighted by Gasteiger charge is 2.18. The molecule has 0 unspecified atom stereocenters. The third-order valence-electron chi connectivity index (χ3n) is 4.11. The summed E-state index contributed by atoms with van der Waals surface area (Å²) in [5, 5.41) is 8.59. The van der Waals surface area contributed by atoms with Gasteiger partial charge in [0.15, 0.2) is 0 Å². The molecule has 3 N–H and O–H groups in total. The second-order valence-electron chi connectivity index (χ2n) is 7.70. The molecule has 0 aliphatic rings. The third-order valence-corrected chi connectivity index (χ3v) is 4.11. The molecular formula is C20H33N3O2. The number of rotatable bonds is 8. The lowest BCUT2D eigenvalue weighted by molar-refractivity contribution is -0.125. The Morgan fingerprint density at radius 2 is 1.52 bits per heavy atom. The predicted octanol–water partition coefficient (Wildman–Crippen LogP) is 2.52. The van der Waals surface area contributed by atoms with Crippen molar-refractivity contribution in [3.05, 3.63) is 35.4 Å². The Bertz CT molecular complexity index is 559. The van der Waals surface area contributed by atoms with E-state index < -0.39 is 0 Å². The van der Waals surface area contributed by atoms with Crippen LogP contribution in [0.25, 0.3) is 0 Å². The van der Waals surface area contributed by atoms with E-state index in [9.17, 15) is 9.59 Å². The molecule has 0 aromatic heterocycles. The van der Waals surface area contributed by atoms with E-state index in [2.05, 4.69) is 74.8 Å². The summed E-state index contributed by atoms with van der Waals surface area (Å²) in [5.41, 5.74) is 2.58. The minimum Gasteiger partial charge on any atom is -0.355 e. The molecule has 140 valence electrons. The molecular weight excluding hydrogens is 314 g/mol. The maximum Gasteiger partial charge on any atom is 0.239 e. The fourth-order valence-electron chi connectivity index (χ4n) is 2.63. The van der Waals surface area contributed by atoms with Gasteiger partial charge in [0.05, 0.1) is 13.1 Å². The smallest absolute Gasteiger partial charge is 0.239 e. The first kappa shape index (κ1) is 21.2. The van der Waals surface area contributed by atoms with Crippen LogP contribution in [0.1, 0.15) is 58.7 Å². The number of benzene rings is 1. The summed E-state index contributed by atoms with van der Waals surface area (Å²) >= 11 is 0. The Kier molecular flexibility index (Phi) is 8.10. The molecule has 1 atom stereocenters. The highest BCUT2D eigenvalue weighted by atomic mass is 16.2. The fourth-order valence-corrected chi connectivity index (χ4v) is 2.63. The van der Waals surface area contributed by atoms with Crippen molar-refractivity contribution in [2.24, 2.45) is 5.92 Å². The zero-order chi connectivity index (χ0) is 19.0. The lowest BCUT2D eigenvalue weighted by Gasteiger charge is -2.25. The molecule has 1 aromatic rings. The van der Waals surface area contributed by atoms with E-state index >= 15 is 0 Å². The van der Waals surface area contributed by atoms with Gasteiger partial charge in [-0.25, -0.2) is 0 Å². The van der Waals surface area contributed by atoms with Crippen LogP contribution in [0.3, 0.4) is 0 Å². The van der Waals surface area contributed by atoms with E-state index in [1.807, 2.05) is 6.92 Å². The average Bonchev–Trinajstić information content (AvgIpc) is 2.52. The number of carbonyl (C=O) groups excluding carboxylic acids is 2. The van der Waals surface area contributed by atoms with E-state index in [0.717, 1.165) is 0 Å². The lowest BCUT2D eigenvalue weighted by Crippen LogP contribution is -2.42. The van der Waals surface area contributed by atoms with Crippen molar-refractivity contribution in [1.29, 1.82) is 0 Å². The van der Waals surface area contributed by atoms with Gasteiger partial charge in [0.1, 0.15) is 0 Å². The molecule has 0 aliphatic heterocycles. The summed E-state index contributed by atoms with van der Waals surface area (Å²) in [5.74, 6) is -0.00563. The van der Waals surface area contributed by atoms with Gasteiger partial charge >= 0.3 is 0 Å². The van der Waals surface area contributed by atoms with Crippen LogP contribution in [0.15, 0.2) is 24.3 Å². The van der Waals surface area contributed by atoms with Crippen molar-refractivity contribution in [1.82, 2.24) is 16.0 Å². The van der Waals surface area contributed by atoms with Crippen molar-refractivity contribution >= 4 is 11.8 Å². The molecule has 0 saturated carbocycles. The van der Waals surface area contributed by atoms with Gasteiger partial charge in [-0.2, -0.15) is 0 Å². The summed E-state index contributed by atoms with van der Waals surface area (Å²) in [6, 6.07) is 8.66. The van der Waals surface area contributed by atoms with E-state index in [4.69, 9.17) is 0 Å². The van der Waals surface area contributed by atoms with Crippen LogP contribution in [0, 0.1) is 5.92 Å². The fraction of sp³-hybridized carbons (Fsp3) is 0.600. The third kappa shape index (κ3) is 7.26. The summed E-state index contributed by atoms with van der Waals surface area (Å²) in [6.07, 6.45) is 0. The largest absolute Gasteiger partial charge is 0.355 e. The van der Waals surface area contributed by atoms with E-state index in [-0.39, 0.29) is 36.4 Å². The standard InChI is InChI=1S/C20H33N3O2/c1-7-21-17(24)12-22-18(25)13-23-19(14(2)3)15-8-10-16(11-9-15)20(4,5)6/h8-11,14,19,23H,7,12-13H2,1-6H3,(H,21,24)(H,22,25)/t19-/m1/s1. The molecule has 5 nitrogen and oxygen atoms in total. The molecule has 1 rings (SSSR count). The van der Waals surface area contributed by atoms with Gasteiger partial charge in [-0.05, 0) is 29.4 Å². The second kappa shape index (κ2) is 9.56. The van der Waals surface area contributed by atoms with Gasteiger partial charge in [-0.3, -0.25) is 9.59 Å². The quantitative estimate of drug-likeness (QED) is 0.677. The maximum absolute atomic E-state index is 11.9. The van der Waals surface area contributed by atoms with Crippen molar-refractivity contribution in [2.45, 2.75) is 53.0 Å². The first-order valence-corrected chi connectivity index (χ1v) is 9.02. The first-order chi connectivity index (χ1) is 11.6. The maximum atomic E-state index is 11.9. The monoisotopic (exact) mass is 347 g/mol. The van der Waals surface area contributed by atoms with E-state index in [1.165, 1.54) is 11.1 Å². The number of hydrogen-bond acceptors (Lipinski definition) is 3. The van der Waals surface area contributed by atoms with Crippen LogP contribution >= 0.6 is 0 Å². The highest BCUT2D eigenvalue weighted by Crippen LogP contribution is 2.26. The molecule has 0 radical (unpaired) electrons. The molecule has 1 aromatic carbocycles. The predicted molar refractivity (Wildman–Crippen MR) is 102 cm³/mol. The summed E-state index contributed by atoms with van der Waals surface area (Å²) in [6.45, 7) is 13.4. The molecule has 0 aliphatic carbocycles. The second-order valence-corrected chi connectivity index (χ2v) is 7.70. The molecule has 2 amide bonds. The average molecular weight is 348 g/mol. The topological polar surface area (TPSA) is 70.2 Å². The van der Waals surface area contributed by atoms with Crippen molar-refractivity contribution in [2.75, 3.05) is 19.6 Å². The van der Waals surface area contributed by atoms with Gasteiger partial charge in [-0.15, -0.1) is 0 Å². The highest BCUT2D eigenvalue weighted by molar-refractivity contribution is 5.85. The number of nitrogens with one attached hydrogen (secondary N) is 3. The number of carbonyl (C=O) groups is 2. The van der Waals surface area contributed by atoms with Gasteiger partial charge in [0.25, 0.3) is 0 Å². The Morgan fingerprint density at radius 1 is 0.960 bits per heavy atom. The molecule has 0 fully saturated rings. The van der Waals surface area contributed by atoms with Crippen molar-refractivity contribution < 1.29 is 9.59 Å².